The van der Waals surface area contributed by atoms with Gasteiger partial charge in [-0.3, -0.25) is 0 Å². The van der Waals surface area contributed by atoms with Crippen molar-refractivity contribution in [2.75, 3.05) is 0 Å². The van der Waals surface area contributed by atoms with Gasteiger partial charge in [-0.2, -0.15) is 5.10 Å². The normalized spacial score (nSPS) is 10.8. The summed E-state index contributed by atoms with van der Waals surface area (Å²) < 4.78 is 7.36. The number of ether oxygens (including phenoxy) is 1. The van der Waals surface area contributed by atoms with Crippen LogP contribution < -0.4 is 4.74 Å². The molecule has 0 fully saturated rings. The average molecular weight is 369 g/mol. The second kappa shape index (κ2) is 7.75. The molecule has 3 aromatic rings. The van der Waals surface area contributed by atoms with Crippen molar-refractivity contribution >= 4 is 17.6 Å². The monoisotopic (exact) mass is 368 g/mol. The molecule has 1 heterocycles. The third kappa shape index (κ3) is 3.65. The van der Waals surface area contributed by atoms with Gasteiger partial charge in [0, 0.05) is 6.07 Å². The highest BCUT2D eigenvalue weighted by molar-refractivity contribution is 6.33. The lowest BCUT2D eigenvalue weighted by molar-refractivity contribution is 0.0723. The molecule has 0 saturated heterocycles. The van der Waals surface area contributed by atoms with Crippen LogP contribution in [0.4, 0.5) is 0 Å². The molecule has 0 atom stereocenters. The van der Waals surface area contributed by atoms with Gasteiger partial charge in [0.15, 0.2) is 0 Å². The number of hydrogen-bond acceptors (Lipinski definition) is 3. The fraction of sp³-hybridized carbons (Fsp3) is 0.238. The molecule has 3 rings (SSSR count). The van der Waals surface area contributed by atoms with Crippen molar-refractivity contribution in [3.63, 3.8) is 0 Å². The van der Waals surface area contributed by atoms with E-state index in [4.69, 9.17) is 16.3 Å². The molecule has 0 spiro atoms. The van der Waals surface area contributed by atoms with E-state index in [0.717, 1.165) is 35.3 Å². The maximum Gasteiger partial charge on any atom is 0.346 e. The Hall–Kier alpha value is -2.59. The van der Waals surface area contributed by atoms with E-state index in [1.54, 1.807) is 28.9 Å². The highest BCUT2D eigenvalue weighted by Gasteiger charge is 2.18. The van der Waals surface area contributed by atoms with Gasteiger partial charge in [-0.25, -0.2) is 9.48 Å². The lowest BCUT2D eigenvalue weighted by Gasteiger charge is -2.12. The minimum Gasteiger partial charge on any atom is -0.404 e. The molecule has 0 aliphatic carbocycles. The number of aryl methyl sites for hydroxylation is 2. The Labute approximate surface area is 158 Å². The molecule has 1 aromatic heterocycles. The first-order valence-electron chi connectivity index (χ1n) is 8.63. The Kier molecular flexibility index (Phi) is 5.43. The first kappa shape index (κ1) is 18.2. The van der Waals surface area contributed by atoms with E-state index in [1.807, 2.05) is 38.1 Å². The van der Waals surface area contributed by atoms with Crippen molar-refractivity contribution in [3.05, 3.63) is 75.9 Å². The van der Waals surface area contributed by atoms with E-state index in [9.17, 15) is 4.79 Å². The van der Waals surface area contributed by atoms with Crippen LogP contribution in [-0.2, 0) is 6.42 Å². The molecule has 2 aromatic carbocycles. The molecule has 0 aliphatic rings. The number of esters is 1. The Morgan fingerprint density at radius 3 is 2.65 bits per heavy atom. The standard InChI is InChI=1S/C21H21ClN2O2/c1-4-8-16-13-20(26-21(25)17-10-5-6-11-18(17)22)24(23-16)19-12-7-9-14(2)15(19)3/h5-7,9-13H,4,8H2,1-3H3. The zero-order valence-electron chi connectivity index (χ0n) is 15.1. The van der Waals surface area contributed by atoms with E-state index in [1.165, 1.54) is 0 Å². The third-order valence-electron chi connectivity index (χ3n) is 4.33. The van der Waals surface area contributed by atoms with Crippen molar-refractivity contribution in [1.82, 2.24) is 9.78 Å². The summed E-state index contributed by atoms with van der Waals surface area (Å²) in [5, 5.41) is 5.01. The smallest absolute Gasteiger partial charge is 0.346 e. The minimum atomic E-state index is -0.495. The van der Waals surface area contributed by atoms with Crippen LogP contribution in [0, 0.1) is 13.8 Å². The summed E-state index contributed by atoms with van der Waals surface area (Å²) in [7, 11) is 0. The van der Waals surface area contributed by atoms with Crippen LogP contribution in [0.1, 0.15) is 40.5 Å². The second-order valence-electron chi connectivity index (χ2n) is 6.22. The third-order valence-corrected chi connectivity index (χ3v) is 4.66. The average Bonchev–Trinajstić information content (AvgIpc) is 3.00. The number of nitrogens with zero attached hydrogens (tertiary/aromatic N) is 2. The molecule has 0 unspecified atom stereocenters. The van der Waals surface area contributed by atoms with Gasteiger partial charge < -0.3 is 4.74 Å². The Morgan fingerprint density at radius 2 is 1.92 bits per heavy atom. The largest absolute Gasteiger partial charge is 0.404 e. The molecule has 0 bridgehead atoms. The van der Waals surface area contributed by atoms with Gasteiger partial charge in [0.25, 0.3) is 0 Å². The summed E-state index contributed by atoms with van der Waals surface area (Å²) in [6.07, 6.45) is 1.77. The van der Waals surface area contributed by atoms with Crippen LogP contribution in [-0.4, -0.2) is 15.7 Å². The van der Waals surface area contributed by atoms with E-state index in [0.29, 0.717) is 16.5 Å². The van der Waals surface area contributed by atoms with Crippen LogP contribution in [0.3, 0.4) is 0 Å². The van der Waals surface area contributed by atoms with E-state index in [2.05, 4.69) is 12.0 Å². The molecule has 134 valence electrons. The van der Waals surface area contributed by atoms with Crippen LogP contribution in [0.15, 0.2) is 48.5 Å². The van der Waals surface area contributed by atoms with Crippen molar-refractivity contribution < 1.29 is 9.53 Å². The molecule has 0 amide bonds. The van der Waals surface area contributed by atoms with Gasteiger partial charge in [-0.05, 0) is 49.6 Å². The Bertz CT molecular complexity index is 947. The summed E-state index contributed by atoms with van der Waals surface area (Å²) in [5.41, 5.74) is 4.36. The lowest BCUT2D eigenvalue weighted by atomic mass is 10.1. The van der Waals surface area contributed by atoms with Gasteiger partial charge in [-0.1, -0.05) is 49.2 Å². The van der Waals surface area contributed by atoms with Crippen molar-refractivity contribution in [2.45, 2.75) is 33.6 Å². The lowest BCUT2D eigenvalue weighted by Crippen LogP contribution is -2.12. The van der Waals surface area contributed by atoms with E-state index < -0.39 is 5.97 Å². The fourth-order valence-electron chi connectivity index (χ4n) is 2.78. The Balaban J connectivity index is 2.02. The molecular formula is C21H21ClN2O2. The predicted octanol–water partition coefficient (Wildman–Crippen LogP) is 5.31. The van der Waals surface area contributed by atoms with Crippen LogP contribution in [0.5, 0.6) is 5.88 Å². The molecule has 0 saturated carbocycles. The van der Waals surface area contributed by atoms with Crippen LogP contribution in [0.2, 0.25) is 5.02 Å². The highest BCUT2D eigenvalue weighted by Crippen LogP contribution is 2.26. The first-order valence-corrected chi connectivity index (χ1v) is 9.01. The number of benzene rings is 2. The zero-order valence-corrected chi connectivity index (χ0v) is 15.9. The van der Waals surface area contributed by atoms with Crippen molar-refractivity contribution in [2.24, 2.45) is 0 Å². The minimum absolute atomic E-state index is 0.333. The maximum absolute atomic E-state index is 12.6. The van der Waals surface area contributed by atoms with Gasteiger partial charge in [0.05, 0.1) is 22.0 Å². The number of hydrogen-bond donors (Lipinski definition) is 0. The number of rotatable bonds is 5. The predicted molar refractivity (Wildman–Crippen MR) is 103 cm³/mol. The number of carbonyl (C=O) groups excluding carboxylic acids is 1. The highest BCUT2D eigenvalue weighted by atomic mass is 35.5. The summed E-state index contributed by atoms with van der Waals surface area (Å²) >= 11 is 6.12. The van der Waals surface area contributed by atoms with Crippen molar-refractivity contribution in [3.8, 4) is 11.6 Å². The molecule has 0 radical (unpaired) electrons. The van der Waals surface area contributed by atoms with Gasteiger partial charge in [0.1, 0.15) is 0 Å². The zero-order chi connectivity index (χ0) is 18.7. The molecule has 0 N–H and O–H groups in total. The molecule has 5 heteroatoms. The van der Waals surface area contributed by atoms with E-state index >= 15 is 0 Å². The number of carbonyl (C=O) groups is 1. The van der Waals surface area contributed by atoms with Crippen LogP contribution in [0.25, 0.3) is 5.69 Å². The molecule has 4 nitrogen and oxygen atoms in total. The molecule has 26 heavy (non-hydrogen) atoms. The summed E-state index contributed by atoms with van der Waals surface area (Å²) in [6, 6.07) is 14.7. The Morgan fingerprint density at radius 1 is 1.15 bits per heavy atom. The number of aromatic nitrogens is 2. The fourth-order valence-corrected chi connectivity index (χ4v) is 2.99. The van der Waals surface area contributed by atoms with Gasteiger partial charge in [0.2, 0.25) is 5.88 Å². The second-order valence-corrected chi connectivity index (χ2v) is 6.63. The quantitative estimate of drug-likeness (QED) is 0.573. The number of halogens is 1. The maximum atomic E-state index is 12.6. The van der Waals surface area contributed by atoms with E-state index in [-0.39, 0.29) is 0 Å². The summed E-state index contributed by atoms with van der Waals surface area (Å²) in [5.74, 6) is -0.0998. The van der Waals surface area contributed by atoms with Crippen molar-refractivity contribution in [1.29, 1.82) is 0 Å². The molecule has 0 aliphatic heterocycles. The topological polar surface area (TPSA) is 44.1 Å². The van der Waals surface area contributed by atoms with Crippen LogP contribution >= 0.6 is 11.6 Å². The van der Waals surface area contributed by atoms with Gasteiger partial charge >= 0.3 is 5.97 Å². The van der Waals surface area contributed by atoms with Gasteiger partial charge in [-0.15, -0.1) is 0 Å². The summed E-state index contributed by atoms with van der Waals surface area (Å²) in [6.45, 7) is 6.17. The SMILES string of the molecule is CCCc1cc(OC(=O)c2ccccc2Cl)n(-c2cccc(C)c2C)n1. The summed E-state index contributed by atoms with van der Waals surface area (Å²) in [4.78, 5) is 12.6. The first-order chi connectivity index (χ1) is 12.5. The molecular weight excluding hydrogens is 348 g/mol.